The van der Waals surface area contributed by atoms with Gasteiger partial charge in [0, 0.05) is 11.0 Å². The molecule has 0 spiro atoms. The van der Waals surface area contributed by atoms with Crippen molar-refractivity contribution in [1.29, 1.82) is 5.26 Å². The maximum Gasteiger partial charge on any atom is 0.416 e. The lowest BCUT2D eigenvalue weighted by Gasteiger charge is -2.22. The monoisotopic (exact) mass is 397 g/mol. The van der Waals surface area contributed by atoms with Gasteiger partial charge in [-0.15, -0.1) is 0 Å². The lowest BCUT2D eigenvalue weighted by Crippen LogP contribution is -2.48. The lowest BCUT2D eigenvalue weighted by atomic mass is 10.0. The fraction of sp³-hybridized carbons (Fsp3) is 0.417. The summed E-state index contributed by atoms with van der Waals surface area (Å²) in [5.41, 5.74) is -2.43. The molecule has 2 N–H and O–H groups in total. The van der Waals surface area contributed by atoms with Crippen LogP contribution in [0.4, 0.5) is 13.2 Å². The highest BCUT2D eigenvalue weighted by atomic mass is 79.9. The van der Waals surface area contributed by atoms with Crippen molar-refractivity contribution >= 4 is 26.0 Å². The predicted molar refractivity (Wildman–Crippen MR) is 75.3 cm³/mol. The summed E-state index contributed by atoms with van der Waals surface area (Å²) in [7, 11) is -4.29. The van der Waals surface area contributed by atoms with Crippen LogP contribution in [0.2, 0.25) is 0 Å². The predicted octanol–water partition coefficient (Wildman–Crippen LogP) is 2.00. The molecule has 22 heavy (non-hydrogen) atoms. The average Bonchev–Trinajstić information content (AvgIpc) is 2.86. The Bertz CT molecular complexity index is 722. The van der Waals surface area contributed by atoms with E-state index in [-0.39, 0.29) is 17.4 Å². The van der Waals surface area contributed by atoms with E-state index >= 15 is 0 Å². The highest BCUT2D eigenvalue weighted by molar-refractivity contribution is 9.10. The Labute approximate surface area is 133 Å². The van der Waals surface area contributed by atoms with Crippen LogP contribution in [0.25, 0.3) is 0 Å². The molecule has 1 aliphatic heterocycles. The number of hydrogen-bond acceptors (Lipinski definition) is 4. The van der Waals surface area contributed by atoms with Gasteiger partial charge in [-0.2, -0.15) is 23.2 Å². The Kier molecular flexibility index (Phi) is 4.54. The molecule has 1 atom stereocenters. The maximum absolute atomic E-state index is 12.7. The van der Waals surface area contributed by atoms with Crippen molar-refractivity contribution in [2.24, 2.45) is 0 Å². The van der Waals surface area contributed by atoms with Crippen molar-refractivity contribution in [2.75, 3.05) is 13.1 Å². The van der Waals surface area contributed by atoms with Gasteiger partial charge < -0.3 is 5.32 Å². The van der Waals surface area contributed by atoms with Crippen molar-refractivity contribution in [3.05, 3.63) is 28.2 Å². The lowest BCUT2D eigenvalue weighted by molar-refractivity contribution is -0.137. The zero-order valence-corrected chi connectivity index (χ0v) is 13.4. The smallest absolute Gasteiger partial charge is 0.314 e. The van der Waals surface area contributed by atoms with Crippen molar-refractivity contribution < 1.29 is 21.6 Å². The van der Waals surface area contributed by atoms with Gasteiger partial charge >= 0.3 is 6.18 Å². The number of halogens is 4. The minimum absolute atomic E-state index is 0.00736. The molecule has 0 aliphatic carbocycles. The van der Waals surface area contributed by atoms with Crippen LogP contribution in [-0.4, -0.2) is 27.0 Å². The molecule has 0 saturated carbocycles. The maximum atomic E-state index is 12.7. The van der Waals surface area contributed by atoms with E-state index in [4.69, 9.17) is 0 Å². The van der Waals surface area contributed by atoms with Gasteiger partial charge in [0.15, 0.2) is 0 Å². The molecule has 0 amide bonds. The molecule has 5 nitrogen and oxygen atoms in total. The SMILES string of the molecule is N#C[C@@]1(NS(=O)(=O)c2cc(C(F)(F)F)ccc2Br)CCNC1. The minimum Gasteiger partial charge on any atom is -0.314 e. The number of hydrogen-bond donors (Lipinski definition) is 2. The Hall–Kier alpha value is -1.15. The Balaban J connectivity index is 2.44. The Morgan fingerprint density at radius 2 is 2.09 bits per heavy atom. The number of nitrogens with one attached hydrogen (secondary N) is 2. The topological polar surface area (TPSA) is 82.0 Å². The molecule has 1 heterocycles. The van der Waals surface area contributed by atoms with E-state index in [2.05, 4.69) is 26.0 Å². The van der Waals surface area contributed by atoms with Crippen LogP contribution < -0.4 is 10.0 Å². The van der Waals surface area contributed by atoms with Crippen LogP contribution in [0.15, 0.2) is 27.6 Å². The van der Waals surface area contributed by atoms with Crippen LogP contribution in [0.3, 0.4) is 0 Å². The number of sulfonamides is 1. The molecule has 1 aliphatic rings. The number of nitriles is 1. The third-order valence-corrected chi connectivity index (χ3v) is 5.78. The fourth-order valence-electron chi connectivity index (χ4n) is 2.10. The first kappa shape index (κ1) is 17.2. The second kappa shape index (κ2) is 5.81. The van der Waals surface area contributed by atoms with Gasteiger partial charge in [0.05, 0.1) is 16.5 Å². The zero-order valence-electron chi connectivity index (χ0n) is 11.0. The van der Waals surface area contributed by atoms with E-state index in [0.29, 0.717) is 12.6 Å². The van der Waals surface area contributed by atoms with E-state index < -0.39 is 32.2 Å². The first-order valence-electron chi connectivity index (χ1n) is 6.12. The summed E-state index contributed by atoms with van der Waals surface area (Å²) < 4.78 is 65.2. The normalized spacial score (nSPS) is 22.5. The molecule has 2 rings (SSSR count). The van der Waals surface area contributed by atoms with Gasteiger partial charge in [0.2, 0.25) is 10.0 Å². The second-order valence-corrected chi connectivity index (χ2v) is 7.37. The molecular formula is C12H11BrF3N3O2S. The van der Waals surface area contributed by atoms with Gasteiger partial charge in [0.1, 0.15) is 5.54 Å². The minimum atomic E-state index is -4.66. The molecule has 1 fully saturated rings. The highest BCUT2D eigenvalue weighted by Crippen LogP contribution is 2.34. The van der Waals surface area contributed by atoms with Crippen LogP contribution in [0.5, 0.6) is 0 Å². The molecule has 0 aromatic heterocycles. The number of nitrogens with zero attached hydrogens (tertiary/aromatic N) is 1. The van der Waals surface area contributed by atoms with Gasteiger partial charge in [-0.1, -0.05) is 0 Å². The Morgan fingerprint density at radius 3 is 2.59 bits per heavy atom. The van der Waals surface area contributed by atoms with E-state index in [1.165, 1.54) is 0 Å². The van der Waals surface area contributed by atoms with Crippen molar-refractivity contribution in [3.8, 4) is 6.07 Å². The molecule has 1 aromatic rings. The Morgan fingerprint density at radius 1 is 1.41 bits per heavy atom. The van der Waals surface area contributed by atoms with Crippen molar-refractivity contribution in [1.82, 2.24) is 10.0 Å². The standard InChI is InChI=1S/C12H11BrF3N3O2S/c13-9-2-1-8(12(14,15)16)5-10(9)22(20,21)19-11(6-17)3-4-18-7-11/h1-2,5,18-19H,3-4,7H2/t11-/m0/s1. The molecular weight excluding hydrogens is 387 g/mol. The van der Waals surface area contributed by atoms with Crippen molar-refractivity contribution in [2.45, 2.75) is 23.0 Å². The summed E-state index contributed by atoms with van der Waals surface area (Å²) in [4.78, 5) is -0.552. The molecule has 0 bridgehead atoms. The molecule has 10 heteroatoms. The summed E-state index contributed by atoms with van der Waals surface area (Å²) in [6.07, 6.45) is -4.42. The van der Waals surface area contributed by atoms with E-state index in [0.717, 1.165) is 12.1 Å². The summed E-state index contributed by atoms with van der Waals surface area (Å²) in [5.74, 6) is 0. The van der Waals surface area contributed by atoms with Crippen LogP contribution in [0, 0.1) is 11.3 Å². The summed E-state index contributed by atoms with van der Waals surface area (Å²) in [5, 5.41) is 12.0. The summed E-state index contributed by atoms with van der Waals surface area (Å²) in [6.45, 7) is 0.541. The molecule has 120 valence electrons. The quantitative estimate of drug-likeness (QED) is 0.816. The average molecular weight is 398 g/mol. The fourth-order valence-corrected chi connectivity index (χ4v) is 4.43. The number of benzene rings is 1. The molecule has 0 radical (unpaired) electrons. The van der Waals surface area contributed by atoms with Crippen molar-refractivity contribution in [3.63, 3.8) is 0 Å². The van der Waals surface area contributed by atoms with Gasteiger partial charge in [-0.3, -0.25) is 0 Å². The molecule has 1 aromatic carbocycles. The number of alkyl halides is 3. The van der Waals surface area contributed by atoms with Crippen LogP contribution in [0.1, 0.15) is 12.0 Å². The van der Waals surface area contributed by atoms with Crippen LogP contribution in [-0.2, 0) is 16.2 Å². The zero-order chi connectivity index (χ0) is 16.6. The third kappa shape index (κ3) is 3.43. The van der Waals surface area contributed by atoms with Gasteiger partial charge in [0.25, 0.3) is 0 Å². The van der Waals surface area contributed by atoms with Crippen LogP contribution >= 0.6 is 15.9 Å². The van der Waals surface area contributed by atoms with Gasteiger partial charge in [-0.25, -0.2) is 8.42 Å². The second-order valence-electron chi connectivity index (χ2n) is 4.87. The molecule has 1 saturated heterocycles. The van der Waals surface area contributed by atoms with Gasteiger partial charge in [-0.05, 0) is 47.1 Å². The molecule has 0 unspecified atom stereocenters. The first-order chi connectivity index (χ1) is 10.1. The van der Waals surface area contributed by atoms with E-state index in [1.807, 2.05) is 6.07 Å². The number of rotatable bonds is 3. The highest BCUT2D eigenvalue weighted by Gasteiger charge is 2.40. The van der Waals surface area contributed by atoms with E-state index in [1.54, 1.807) is 0 Å². The third-order valence-electron chi connectivity index (χ3n) is 3.25. The largest absolute Gasteiger partial charge is 0.416 e. The van der Waals surface area contributed by atoms with E-state index in [9.17, 15) is 26.9 Å². The summed E-state index contributed by atoms with van der Waals surface area (Å²) >= 11 is 2.94. The summed E-state index contributed by atoms with van der Waals surface area (Å²) in [6, 6.07) is 4.21. The first-order valence-corrected chi connectivity index (χ1v) is 8.40.